The summed E-state index contributed by atoms with van der Waals surface area (Å²) < 4.78 is 13.1. The first-order chi connectivity index (χ1) is 13.2. The molecule has 3 heterocycles. The Labute approximate surface area is 163 Å². The highest BCUT2D eigenvalue weighted by atomic mass is 32.1. The van der Waals surface area contributed by atoms with Gasteiger partial charge in [0.1, 0.15) is 10.8 Å². The summed E-state index contributed by atoms with van der Waals surface area (Å²) in [5, 5.41) is 3.11. The van der Waals surface area contributed by atoms with Crippen molar-refractivity contribution in [3.63, 3.8) is 0 Å². The van der Waals surface area contributed by atoms with Crippen molar-refractivity contribution in [3.8, 4) is 11.3 Å². The minimum absolute atomic E-state index is 0.227. The summed E-state index contributed by atoms with van der Waals surface area (Å²) in [5.74, 6) is 0.0556. The van der Waals surface area contributed by atoms with Gasteiger partial charge in [-0.3, -0.25) is 14.6 Å². The fourth-order valence-electron chi connectivity index (χ4n) is 3.69. The van der Waals surface area contributed by atoms with Gasteiger partial charge < -0.3 is 4.90 Å². The van der Waals surface area contributed by atoms with Crippen LogP contribution < -0.4 is 0 Å². The van der Waals surface area contributed by atoms with Crippen LogP contribution in [0.5, 0.6) is 0 Å². The van der Waals surface area contributed by atoms with E-state index in [0.29, 0.717) is 6.54 Å². The molecule has 2 fully saturated rings. The minimum atomic E-state index is -0.227. The average molecular weight is 389 g/mol. The van der Waals surface area contributed by atoms with Crippen LogP contribution >= 0.6 is 11.3 Å². The van der Waals surface area contributed by atoms with E-state index in [1.165, 1.54) is 12.1 Å². The van der Waals surface area contributed by atoms with Crippen molar-refractivity contribution in [2.75, 3.05) is 45.8 Å². The van der Waals surface area contributed by atoms with Crippen molar-refractivity contribution >= 4 is 17.2 Å². The van der Waals surface area contributed by atoms with Crippen molar-refractivity contribution in [3.05, 3.63) is 40.5 Å². The zero-order chi connectivity index (χ0) is 18.6. The lowest BCUT2D eigenvalue weighted by molar-refractivity contribution is -0.131. The second-order valence-corrected chi connectivity index (χ2v) is 8.22. The number of hydrogen-bond acceptors (Lipinski definition) is 5. The molecule has 0 N–H and O–H groups in total. The van der Waals surface area contributed by atoms with E-state index in [9.17, 15) is 9.18 Å². The summed E-state index contributed by atoms with van der Waals surface area (Å²) >= 11 is 1.65. The van der Waals surface area contributed by atoms with E-state index in [0.717, 1.165) is 74.9 Å². The summed E-state index contributed by atoms with van der Waals surface area (Å²) in [4.78, 5) is 23.6. The van der Waals surface area contributed by atoms with Crippen molar-refractivity contribution in [1.82, 2.24) is 19.7 Å². The molecule has 0 unspecified atom stereocenters. The van der Waals surface area contributed by atoms with Gasteiger partial charge in [-0.1, -0.05) is 0 Å². The third-order valence-electron chi connectivity index (χ3n) is 5.33. The molecule has 0 bridgehead atoms. The maximum Gasteiger partial charge on any atom is 0.236 e. The van der Waals surface area contributed by atoms with E-state index in [1.807, 2.05) is 10.3 Å². The zero-order valence-electron chi connectivity index (χ0n) is 15.4. The smallest absolute Gasteiger partial charge is 0.236 e. The van der Waals surface area contributed by atoms with Crippen LogP contribution in [0.15, 0.2) is 29.6 Å². The number of nitrogens with zero attached hydrogens (tertiary/aromatic N) is 4. The molecule has 2 aliphatic rings. The van der Waals surface area contributed by atoms with Crippen LogP contribution in [0.2, 0.25) is 0 Å². The minimum Gasteiger partial charge on any atom is -0.342 e. The number of thiazole rings is 1. The quantitative estimate of drug-likeness (QED) is 0.790. The van der Waals surface area contributed by atoms with Crippen molar-refractivity contribution in [1.29, 1.82) is 0 Å². The Morgan fingerprint density at radius 1 is 1.00 bits per heavy atom. The van der Waals surface area contributed by atoms with Crippen LogP contribution in [0.25, 0.3) is 11.3 Å². The number of piperazine rings is 1. The Kier molecular flexibility index (Phi) is 5.80. The molecule has 0 atom stereocenters. The standard InChI is InChI=1S/C20H25FN4OS/c21-17-5-3-16(4-6-17)18-15-27-19(22-18)13-23-9-11-24(12-10-23)14-20(26)25-7-1-2-8-25/h3-6,15H,1-2,7-14H2. The highest BCUT2D eigenvalue weighted by molar-refractivity contribution is 7.09. The first kappa shape index (κ1) is 18.5. The molecule has 0 aliphatic carbocycles. The summed E-state index contributed by atoms with van der Waals surface area (Å²) in [6, 6.07) is 6.47. The molecule has 2 aliphatic heterocycles. The molecule has 2 saturated heterocycles. The van der Waals surface area contributed by atoms with E-state index in [-0.39, 0.29) is 11.7 Å². The largest absolute Gasteiger partial charge is 0.342 e. The molecular formula is C20H25FN4OS. The fourth-order valence-corrected chi connectivity index (χ4v) is 4.54. The number of aromatic nitrogens is 1. The zero-order valence-corrected chi connectivity index (χ0v) is 16.3. The summed E-state index contributed by atoms with van der Waals surface area (Å²) in [6.45, 7) is 7.01. The van der Waals surface area contributed by atoms with Gasteiger partial charge in [0.05, 0.1) is 18.8 Å². The van der Waals surface area contributed by atoms with Crippen LogP contribution in [0.4, 0.5) is 4.39 Å². The molecular weight excluding hydrogens is 363 g/mol. The third-order valence-corrected chi connectivity index (χ3v) is 6.17. The van der Waals surface area contributed by atoms with Gasteiger partial charge in [0.15, 0.2) is 0 Å². The van der Waals surface area contributed by atoms with Crippen molar-refractivity contribution in [2.24, 2.45) is 0 Å². The van der Waals surface area contributed by atoms with Crippen LogP contribution in [0.1, 0.15) is 17.8 Å². The van der Waals surface area contributed by atoms with Gasteiger partial charge in [0.2, 0.25) is 5.91 Å². The molecule has 1 aromatic carbocycles. The van der Waals surface area contributed by atoms with Gasteiger partial charge in [-0.05, 0) is 37.1 Å². The third kappa shape index (κ3) is 4.72. The maximum absolute atomic E-state index is 13.1. The molecule has 27 heavy (non-hydrogen) atoms. The lowest BCUT2D eigenvalue weighted by Gasteiger charge is -2.34. The lowest BCUT2D eigenvalue weighted by atomic mass is 10.2. The lowest BCUT2D eigenvalue weighted by Crippen LogP contribution is -2.49. The van der Waals surface area contributed by atoms with Crippen molar-refractivity contribution < 1.29 is 9.18 Å². The van der Waals surface area contributed by atoms with Gasteiger partial charge >= 0.3 is 0 Å². The molecule has 1 amide bonds. The molecule has 5 nitrogen and oxygen atoms in total. The normalized spacial score (nSPS) is 18.9. The predicted molar refractivity (Wildman–Crippen MR) is 105 cm³/mol. The Bertz CT molecular complexity index is 765. The molecule has 2 aromatic rings. The number of carbonyl (C=O) groups excluding carboxylic acids is 1. The summed E-state index contributed by atoms with van der Waals surface area (Å²) in [5.41, 5.74) is 1.86. The maximum atomic E-state index is 13.1. The molecule has 1 aromatic heterocycles. The van der Waals surface area contributed by atoms with E-state index in [1.54, 1.807) is 23.5 Å². The second-order valence-electron chi connectivity index (χ2n) is 7.27. The highest BCUT2D eigenvalue weighted by Crippen LogP contribution is 2.23. The number of carbonyl (C=O) groups is 1. The second kappa shape index (κ2) is 8.46. The highest BCUT2D eigenvalue weighted by Gasteiger charge is 2.23. The topological polar surface area (TPSA) is 39.7 Å². The van der Waals surface area contributed by atoms with Gasteiger partial charge in [-0.15, -0.1) is 11.3 Å². The average Bonchev–Trinajstić information content (AvgIpc) is 3.36. The Balaban J connectivity index is 1.26. The number of likely N-dealkylation sites (tertiary alicyclic amines) is 1. The van der Waals surface area contributed by atoms with E-state index in [4.69, 9.17) is 4.98 Å². The van der Waals surface area contributed by atoms with Crippen LogP contribution in [0, 0.1) is 5.82 Å². The van der Waals surface area contributed by atoms with Gasteiger partial charge in [-0.25, -0.2) is 9.37 Å². The summed E-state index contributed by atoms with van der Waals surface area (Å²) in [7, 11) is 0. The Hall–Kier alpha value is -1.83. The van der Waals surface area contributed by atoms with E-state index >= 15 is 0 Å². The first-order valence-electron chi connectivity index (χ1n) is 9.60. The molecule has 7 heteroatoms. The number of halogens is 1. The monoisotopic (exact) mass is 388 g/mol. The number of rotatable bonds is 5. The molecule has 0 radical (unpaired) electrons. The Morgan fingerprint density at radius 2 is 1.67 bits per heavy atom. The van der Waals surface area contributed by atoms with Gasteiger partial charge in [-0.2, -0.15) is 0 Å². The van der Waals surface area contributed by atoms with Crippen LogP contribution in [-0.2, 0) is 11.3 Å². The van der Waals surface area contributed by atoms with E-state index in [2.05, 4.69) is 9.80 Å². The van der Waals surface area contributed by atoms with Crippen molar-refractivity contribution in [2.45, 2.75) is 19.4 Å². The molecule has 0 saturated carbocycles. The fraction of sp³-hybridized carbons (Fsp3) is 0.500. The number of hydrogen-bond donors (Lipinski definition) is 0. The van der Waals surface area contributed by atoms with Gasteiger partial charge in [0.25, 0.3) is 0 Å². The molecule has 0 spiro atoms. The van der Waals surface area contributed by atoms with Crippen LogP contribution in [-0.4, -0.2) is 71.4 Å². The first-order valence-corrected chi connectivity index (χ1v) is 10.5. The van der Waals surface area contributed by atoms with E-state index < -0.39 is 0 Å². The number of amides is 1. The number of benzene rings is 1. The molecule has 144 valence electrons. The predicted octanol–water partition coefficient (Wildman–Crippen LogP) is 2.69. The van der Waals surface area contributed by atoms with Gasteiger partial charge in [0, 0.05) is 50.2 Å². The molecule has 4 rings (SSSR count). The SMILES string of the molecule is O=C(CN1CCN(Cc2nc(-c3ccc(F)cc3)cs2)CC1)N1CCCC1. The van der Waals surface area contributed by atoms with Crippen LogP contribution in [0.3, 0.4) is 0 Å². The summed E-state index contributed by atoms with van der Waals surface area (Å²) in [6.07, 6.45) is 2.29. The Morgan fingerprint density at radius 3 is 2.37 bits per heavy atom.